The summed E-state index contributed by atoms with van der Waals surface area (Å²) in [5, 5.41) is 5.88. The molecule has 0 aliphatic rings. The highest BCUT2D eigenvalue weighted by Gasteiger charge is 2.14. The molecule has 0 saturated heterocycles. The molecule has 0 fully saturated rings. The van der Waals surface area contributed by atoms with Crippen molar-refractivity contribution in [1.29, 1.82) is 0 Å². The van der Waals surface area contributed by atoms with Gasteiger partial charge in [-0.2, -0.15) is 0 Å². The van der Waals surface area contributed by atoms with Gasteiger partial charge in [0.15, 0.2) is 0 Å². The Morgan fingerprint density at radius 2 is 1.80 bits per heavy atom. The zero-order chi connectivity index (χ0) is 18.4. The number of nitrogens with zero attached hydrogens (tertiary/aromatic N) is 1. The second kappa shape index (κ2) is 8.53. The largest absolute Gasteiger partial charge is 0.351 e. The Morgan fingerprint density at radius 3 is 2.40 bits per heavy atom. The molecule has 0 aliphatic heterocycles. The van der Waals surface area contributed by atoms with E-state index < -0.39 is 0 Å². The van der Waals surface area contributed by atoms with Crippen molar-refractivity contribution in [2.24, 2.45) is 0 Å². The first-order valence-corrected chi connectivity index (χ1v) is 8.37. The summed E-state index contributed by atoms with van der Waals surface area (Å²) in [6.45, 7) is 2.56. The van der Waals surface area contributed by atoms with Crippen molar-refractivity contribution >= 4 is 29.2 Å². The van der Waals surface area contributed by atoms with E-state index in [-0.39, 0.29) is 17.9 Å². The van der Waals surface area contributed by atoms with Gasteiger partial charge in [-0.15, -0.1) is 0 Å². The first-order chi connectivity index (χ1) is 11.9. The molecule has 2 rings (SSSR count). The minimum absolute atomic E-state index is 0.197. The zero-order valence-corrected chi connectivity index (χ0v) is 15.3. The second-order valence-corrected chi connectivity index (χ2v) is 6.45. The molecule has 0 saturated carbocycles. The summed E-state index contributed by atoms with van der Waals surface area (Å²) in [6, 6.07) is 14.6. The first-order valence-electron chi connectivity index (χ1n) is 7.99. The minimum atomic E-state index is -0.259. The van der Waals surface area contributed by atoms with Crippen molar-refractivity contribution < 1.29 is 9.59 Å². The summed E-state index contributed by atoms with van der Waals surface area (Å²) < 4.78 is 0. The van der Waals surface area contributed by atoms with Crippen LogP contribution in [0.1, 0.15) is 28.8 Å². The number of carbonyl (C=O) groups excluding carboxylic acids is 2. The number of halogens is 1. The number of amides is 3. The average Bonchev–Trinajstić information content (AvgIpc) is 2.60. The van der Waals surface area contributed by atoms with Crippen LogP contribution in [0.3, 0.4) is 0 Å². The Balaban J connectivity index is 1.98. The molecule has 25 heavy (non-hydrogen) atoms. The van der Waals surface area contributed by atoms with Crippen molar-refractivity contribution in [3.05, 3.63) is 64.7 Å². The summed E-state index contributed by atoms with van der Waals surface area (Å²) in [5.41, 5.74) is 2.08. The lowest BCUT2D eigenvalue weighted by atomic mass is 10.0. The fourth-order valence-corrected chi connectivity index (χ4v) is 2.52. The fourth-order valence-electron chi connectivity index (χ4n) is 2.25. The normalized spacial score (nSPS) is 11.5. The standard InChI is InChI=1S/C19H22ClN3O2/c1-13(14-7-5-4-6-8-14)12-21-18(24)16-10-9-15(11-17(16)20)22-19(25)23(2)3/h4-11,13H,12H2,1-3H3,(H,21,24)(H,22,25)/t13-/m1/s1. The topological polar surface area (TPSA) is 61.4 Å². The highest BCUT2D eigenvalue weighted by Crippen LogP contribution is 2.21. The molecule has 1 atom stereocenters. The molecule has 132 valence electrons. The Hall–Kier alpha value is -2.53. The van der Waals surface area contributed by atoms with Gasteiger partial charge in [0.25, 0.3) is 5.91 Å². The lowest BCUT2D eigenvalue weighted by Gasteiger charge is -2.15. The van der Waals surface area contributed by atoms with E-state index in [2.05, 4.69) is 17.6 Å². The quantitative estimate of drug-likeness (QED) is 0.848. The van der Waals surface area contributed by atoms with E-state index >= 15 is 0 Å². The van der Waals surface area contributed by atoms with Gasteiger partial charge in [0.05, 0.1) is 10.6 Å². The molecule has 0 radical (unpaired) electrons. The summed E-state index contributed by atoms with van der Waals surface area (Å²) in [5.74, 6) is -0.0409. The predicted octanol–water partition coefficient (Wildman–Crippen LogP) is 3.97. The highest BCUT2D eigenvalue weighted by atomic mass is 35.5. The Bertz CT molecular complexity index is 748. The Labute approximate surface area is 153 Å². The number of hydrogen-bond acceptors (Lipinski definition) is 2. The molecule has 0 unspecified atom stereocenters. The van der Waals surface area contributed by atoms with E-state index in [0.29, 0.717) is 22.8 Å². The molecule has 0 heterocycles. The maximum absolute atomic E-state index is 12.4. The van der Waals surface area contributed by atoms with Crippen LogP contribution >= 0.6 is 11.6 Å². The molecule has 2 aromatic carbocycles. The predicted molar refractivity (Wildman–Crippen MR) is 101 cm³/mol. The van der Waals surface area contributed by atoms with Crippen LogP contribution < -0.4 is 10.6 Å². The van der Waals surface area contributed by atoms with E-state index in [1.165, 1.54) is 4.90 Å². The Kier molecular flexibility index (Phi) is 6.42. The van der Waals surface area contributed by atoms with Gasteiger partial charge in [-0.1, -0.05) is 48.9 Å². The third-order valence-corrected chi connectivity index (χ3v) is 4.12. The van der Waals surface area contributed by atoms with Gasteiger partial charge in [-0.05, 0) is 29.7 Å². The van der Waals surface area contributed by atoms with Crippen LogP contribution in [0.15, 0.2) is 48.5 Å². The van der Waals surface area contributed by atoms with Crippen LogP contribution in [0.2, 0.25) is 5.02 Å². The number of benzene rings is 2. The molecular formula is C19H22ClN3O2. The molecule has 6 heteroatoms. The van der Waals surface area contributed by atoms with Gasteiger partial charge in [-0.25, -0.2) is 4.79 Å². The number of urea groups is 1. The first kappa shape index (κ1) is 18.8. The van der Waals surface area contributed by atoms with E-state index in [4.69, 9.17) is 11.6 Å². The highest BCUT2D eigenvalue weighted by molar-refractivity contribution is 6.34. The van der Waals surface area contributed by atoms with Crippen LogP contribution in [0.4, 0.5) is 10.5 Å². The van der Waals surface area contributed by atoms with E-state index in [9.17, 15) is 9.59 Å². The van der Waals surface area contributed by atoms with Crippen LogP contribution in [-0.2, 0) is 0 Å². The lowest BCUT2D eigenvalue weighted by molar-refractivity contribution is 0.0952. The second-order valence-electron chi connectivity index (χ2n) is 6.04. The summed E-state index contributed by atoms with van der Waals surface area (Å²) >= 11 is 6.19. The van der Waals surface area contributed by atoms with Crippen LogP contribution in [0, 0.1) is 0 Å². The van der Waals surface area contributed by atoms with Gasteiger partial charge in [0, 0.05) is 26.3 Å². The minimum Gasteiger partial charge on any atom is -0.351 e. The van der Waals surface area contributed by atoms with Crippen LogP contribution in [-0.4, -0.2) is 37.5 Å². The van der Waals surface area contributed by atoms with E-state index in [0.717, 1.165) is 5.56 Å². The SMILES string of the molecule is C[C@H](CNC(=O)c1ccc(NC(=O)N(C)C)cc1Cl)c1ccccc1. The van der Waals surface area contributed by atoms with E-state index in [1.54, 1.807) is 32.3 Å². The summed E-state index contributed by atoms with van der Waals surface area (Å²) in [6.07, 6.45) is 0. The summed E-state index contributed by atoms with van der Waals surface area (Å²) in [7, 11) is 3.29. The molecule has 2 N–H and O–H groups in total. The van der Waals surface area contributed by atoms with Crippen LogP contribution in [0.5, 0.6) is 0 Å². The lowest BCUT2D eigenvalue weighted by Crippen LogP contribution is -2.28. The van der Waals surface area contributed by atoms with Gasteiger partial charge < -0.3 is 15.5 Å². The molecule has 5 nitrogen and oxygen atoms in total. The van der Waals surface area contributed by atoms with Crippen molar-refractivity contribution in [3.63, 3.8) is 0 Å². The average molecular weight is 360 g/mol. The molecule has 2 aromatic rings. The number of anilines is 1. The molecule has 3 amide bonds. The summed E-state index contributed by atoms with van der Waals surface area (Å²) in [4.78, 5) is 25.4. The van der Waals surface area contributed by atoms with Gasteiger partial charge in [0.1, 0.15) is 0 Å². The smallest absolute Gasteiger partial charge is 0.321 e. The maximum atomic E-state index is 12.4. The number of carbonyl (C=O) groups is 2. The van der Waals surface area contributed by atoms with Crippen LogP contribution in [0.25, 0.3) is 0 Å². The van der Waals surface area contributed by atoms with Crippen molar-refractivity contribution in [1.82, 2.24) is 10.2 Å². The van der Waals surface area contributed by atoms with Gasteiger partial charge >= 0.3 is 6.03 Å². The molecule has 0 aromatic heterocycles. The van der Waals surface area contributed by atoms with E-state index in [1.807, 2.05) is 30.3 Å². The molecule has 0 aliphatic carbocycles. The third-order valence-electron chi connectivity index (χ3n) is 3.81. The van der Waals surface area contributed by atoms with Crippen molar-refractivity contribution in [2.75, 3.05) is 26.0 Å². The molecular weight excluding hydrogens is 338 g/mol. The zero-order valence-electron chi connectivity index (χ0n) is 14.5. The maximum Gasteiger partial charge on any atom is 0.321 e. The van der Waals surface area contributed by atoms with Crippen molar-refractivity contribution in [3.8, 4) is 0 Å². The molecule has 0 bridgehead atoms. The van der Waals surface area contributed by atoms with Gasteiger partial charge in [0.2, 0.25) is 0 Å². The Morgan fingerprint density at radius 1 is 1.12 bits per heavy atom. The monoisotopic (exact) mass is 359 g/mol. The fraction of sp³-hybridized carbons (Fsp3) is 0.263. The number of hydrogen-bond donors (Lipinski definition) is 2. The number of rotatable bonds is 5. The van der Waals surface area contributed by atoms with Gasteiger partial charge in [-0.3, -0.25) is 4.79 Å². The molecule has 0 spiro atoms. The van der Waals surface area contributed by atoms with Crippen molar-refractivity contribution in [2.45, 2.75) is 12.8 Å². The third kappa shape index (κ3) is 5.22. The number of nitrogens with one attached hydrogen (secondary N) is 2.